The zero-order valence-corrected chi connectivity index (χ0v) is 14.2. The molecule has 2 aromatic carbocycles. The zero-order chi connectivity index (χ0) is 15.4. The van der Waals surface area contributed by atoms with E-state index in [0.717, 1.165) is 6.04 Å². The lowest BCUT2D eigenvalue weighted by Gasteiger charge is -2.25. The lowest BCUT2D eigenvalue weighted by molar-refractivity contribution is 1.14. The van der Waals surface area contributed by atoms with Crippen LogP contribution in [-0.2, 0) is 6.04 Å². The van der Waals surface area contributed by atoms with Gasteiger partial charge in [0.15, 0.2) is 0 Å². The molecular weight excluding hydrogens is 282 g/mol. The molecule has 0 atom stereocenters. The molecule has 0 radical (unpaired) electrons. The molecule has 1 nitrogen and oxygen atoms in total. The Kier molecular flexibility index (Phi) is 4.21. The molecule has 0 saturated carbocycles. The van der Waals surface area contributed by atoms with Crippen LogP contribution >= 0.6 is 0 Å². The summed E-state index contributed by atoms with van der Waals surface area (Å²) in [4.78, 5) is 4.53. The molecule has 0 aliphatic heterocycles. The molecule has 0 unspecified atom stereocenters. The molecule has 0 fully saturated rings. The standard InChI is InChI=1S/C20H21NSi/c1-22(2,16-18-12-8-9-15-21-18)20-14-7-6-13-19(20)17-10-4-3-5-11-17/h3-15H,16H2,1-2H3. The zero-order valence-electron chi connectivity index (χ0n) is 13.2. The summed E-state index contributed by atoms with van der Waals surface area (Å²) in [6.07, 6.45) is 1.89. The van der Waals surface area contributed by atoms with Crippen molar-refractivity contribution in [2.75, 3.05) is 0 Å². The van der Waals surface area contributed by atoms with Crippen LogP contribution in [0, 0.1) is 0 Å². The van der Waals surface area contributed by atoms with Gasteiger partial charge in [0.2, 0.25) is 0 Å². The Morgan fingerprint density at radius 1 is 0.773 bits per heavy atom. The summed E-state index contributed by atoms with van der Waals surface area (Å²) >= 11 is 0. The highest BCUT2D eigenvalue weighted by Gasteiger charge is 2.27. The van der Waals surface area contributed by atoms with Gasteiger partial charge in [0.1, 0.15) is 0 Å². The lowest BCUT2D eigenvalue weighted by Crippen LogP contribution is -2.45. The SMILES string of the molecule is C[Si](C)(Cc1ccccn1)c1ccccc1-c1ccccc1. The summed E-state index contributed by atoms with van der Waals surface area (Å²) in [5.74, 6) is 0. The third-order valence-corrected chi connectivity index (χ3v) is 7.23. The fourth-order valence-corrected chi connectivity index (χ4v) is 5.80. The molecule has 0 aliphatic carbocycles. The van der Waals surface area contributed by atoms with Gasteiger partial charge < -0.3 is 0 Å². The van der Waals surface area contributed by atoms with Crippen molar-refractivity contribution in [2.45, 2.75) is 19.1 Å². The number of rotatable bonds is 4. The van der Waals surface area contributed by atoms with Crippen molar-refractivity contribution < 1.29 is 0 Å². The van der Waals surface area contributed by atoms with Gasteiger partial charge in [-0.2, -0.15) is 0 Å². The number of nitrogens with zero attached hydrogens (tertiary/aromatic N) is 1. The fraction of sp³-hybridized carbons (Fsp3) is 0.150. The molecular formula is C20H21NSi. The van der Waals surface area contributed by atoms with E-state index in [-0.39, 0.29) is 0 Å². The second-order valence-corrected chi connectivity index (χ2v) is 11.0. The van der Waals surface area contributed by atoms with Crippen molar-refractivity contribution in [1.82, 2.24) is 4.98 Å². The Labute approximate surface area is 133 Å². The number of aromatic nitrogens is 1. The molecule has 3 rings (SSSR count). The highest BCUT2D eigenvalue weighted by molar-refractivity contribution is 6.90. The quantitative estimate of drug-likeness (QED) is 0.649. The Hall–Kier alpha value is -2.19. The first kappa shape index (κ1) is 14.7. The molecule has 0 aliphatic rings. The average Bonchev–Trinajstić information content (AvgIpc) is 2.56. The van der Waals surface area contributed by atoms with E-state index in [2.05, 4.69) is 84.8 Å². The van der Waals surface area contributed by atoms with Crippen LogP contribution < -0.4 is 5.19 Å². The topological polar surface area (TPSA) is 12.9 Å². The molecule has 0 bridgehead atoms. The van der Waals surface area contributed by atoms with E-state index < -0.39 is 8.07 Å². The van der Waals surface area contributed by atoms with Crippen LogP contribution in [0.3, 0.4) is 0 Å². The molecule has 22 heavy (non-hydrogen) atoms. The van der Waals surface area contributed by atoms with Crippen molar-refractivity contribution in [3.05, 3.63) is 84.7 Å². The summed E-state index contributed by atoms with van der Waals surface area (Å²) in [7, 11) is -1.61. The van der Waals surface area contributed by atoms with E-state index in [1.165, 1.54) is 22.0 Å². The maximum absolute atomic E-state index is 4.53. The summed E-state index contributed by atoms with van der Waals surface area (Å²) in [5, 5.41) is 1.51. The maximum atomic E-state index is 4.53. The van der Waals surface area contributed by atoms with Crippen molar-refractivity contribution in [3.8, 4) is 11.1 Å². The molecule has 3 aromatic rings. The first-order chi connectivity index (χ1) is 10.7. The summed E-state index contributed by atoms with van der Waals surface area (Å²) in [5.41, 5.74) is 3.87. The van der Waals surface area contributed by atoms with Gasteiger partial charge >= 0.3 is 0 Å². The Morgan fingerprint density at radius 2 is 1.45 bits per heavy atom. The molecule has 0 spiro atoms. The van der Waals surface area contributed by atoms with Crippen LogP contribution in [0.2, 0.25) is 13.1 Å². The first-order valence-corrected chi connectivity index (χ1v) is 10.9. The van der Waals surface area contributed by atoms with Crippen LogP contribution in [0.1, 0.15) is 5.69 Å². The minimum absolute atomic E-state index is 1.07. The van der Waals surface area contributed by atoms with E-state index in [9.17, 15) is 0 Å². The van der Waals surface area contributed by atoms with Crippen molar-refractivity contribution in [2.24, 2.45) is 0 Å². The van der Waals surface area contributed by atoms with Gasteiger partial charge in [-0.1, -0.05) is 78.9 Å². The molecule has 1 heterocycles. The number of hydrogen-bond donors (Lipinski definition) is 0. The van der Waals surface area contributed by atoms with Gasteiger partial charge in [-0.25, -0.2) is 0 Å². The normalized spacial score (nSPS) is 11.4. The van der Waals surface area contributed by atoms with E-state index in [4.69, 9.17) is 0 Å². The highest BCUT2D eigenvalue weighted by atomic mass is 28.3. The van der Waals surface area contributed by atoms with Gasteiger partial charge in [0.25, 0.3) is 0 Å². The highest BCUT2D eigenvalue weighted by Crippen LogP contribution is 2.21. The van der Waals surface area contributed by atoms with Crippen molar-refractivity contribution >= 4 is 13.3 Å². The van der Waals surface area contributed by atoms with Crippen LogP contribution in [0.25, 0.3) is 11.1 Å². The minimum Gasteiger partial charge on any atom is -0.262 e. The summed E-state index contributed by atoms with van der Waals surface area (Å²) < 4.78 is 0. The second kappa shape index (κ2) is 6.28. The van der Waals surface area contributed by atoms with Crippen LogP contribution in [-0.4, -0.2) is 13.1 Å². The third kappa shape index (κ3) is 3.17. The van der Waals surface area contributed by atoms with Gasteiger partial charge in [0, 0.05) is 11.9 Å². The molecule has 1 aromatic heterocycles. The molecule has 110 valence electrons. The third-order valence-electron chi connectivity index (χ3n) is 4.09. The maximum Gasteiger partial charge on any atom is 0.0872 e. The van der Waals surface area contributed by atoms with Crippen LogP contribution in [0.5, 0.6) is 0 Å². The fourth-order valence-electron chi connectivity index (χ4n) is 2.99. The monoisotopic (exact) mass is 303 g/mol. The second-order valence-electron chi connectivity index (χ2n) is 6.29. The Bertz CT molecular complexity index is 736. The van der Waals surface area contributed by atoms with Gasteiger partial charge in [-0.3, -0.25) is 4.98 Å². The Morgan fingerprint density at radius 3 is 2.18 bits per heavy atom. The van der Waals surface area contributed by atoms with E-state index in [0.29, 0.717) is 0 Å². The molecule has 2 heteroatoms. The molecule has 0 amide bonds. The average molecular weight is 303 g/mol. The molecule has 0 saturated heterocycles. The summed E-state index contributed by atoms with van der Waals surface area (Å²) in [6, 6.07) is 26.8. The van der Waals surface area contributed by atoms with Gasteiger partial charge in [-0.15, -0.1) is 0 Å². The molecule has 0 N–H and O–H groups in total. The smallest absolute Gasteiger partial charge is 0.0872 e. The number of pyridine rings is 1. The van der Waals surface area contributed by atoms with Crippen molar-refractivity contribution in [1.29, 1.82) is 0 Å². The van der Waals surface area contributed by atoms with Crippen LogP contribution in [0.4, 0.5) is 0 Å². The minimum atomic E-state index is -1.61. The van der Waals surface area contributed by atoms with E-state index in [1.807, 2.05) is 12.3 Å². The largest absolute Gasteiger partial charge is 0.262 e. The van der Waals surface area contributed by atoms with Gasteiger partial charge in [-0.05, 0) is 29.3 Å². The number of hydrogen-bond acceptors (Lipinski definition) is 1. The van der Waals surface area contributed by atoms with Gasteiger partial charge in [0.05, 0.1) is 8.07 Å². The van der Waals surface area contributed by atoms with Crippen LogP contribution in [0.15, 0.2) is 79.0 Å². The number of benzene rings is 2. The first-order valence-electron chi connectivity index (χ1n) is 7.72. The summed E-state index contributed by atoms with van der Waals surface area (Å²) in [6.45, 7) is 4.87. The van der Waals surface area contributed by atoms with Crippen molar-refractivity contribution in [3.63, 3.8) is 0 Å². The van der Waals surface area contributed by atoms with E-state index >= 15 is 0 Å². The predicted octanol–water partition coefficient (Wildman–Crippen LogP) is 4.45. The Balaban J connectivity index is 2.01. The predicted molar refractivity (Wildman–Crippen MR) is 96.9 cm³/mol. The van der Waals surface area contributed by atoms with E-state index in [1.54, 1.807) is 0 Å². The lowest BCUT2D eigenvalue weighted by atomic mass is 10.1.